The molecular weight excluding hydrogens is 310 g/mol. The highest BCUT2D eigenvalue weighted by Gasteiger charge is 2.18. The largest absolute Gasteiger partial charge is 0.481 e. The van der Waals surface area contributed by atoms with Crippen LogP contribution < -0.4 is 15.4 Å². The van der Waals surface area contributed by atoms with Gasteiger partial charge in [-0.1, -0.05) is 30.3 Å². The van der Waals surface area contributed by atoms with E-state index in [9.17, 15) is 14.7 Å². The van der Waals surface area contributed by atoms with Gasteiger partial charge in [0.05, 0.1) is 31.6 Å². The van der Waals surface area contributed by atoms with E-state index < -0.39 is 17.9 Å². The summed E-state index contributed by atoms with van der Waals surface area (Å²) in [7, 11) is 1.48. The number of aliphatic hydroxyl groups is 1. The number of anilines is 1. The third-order valence-electron chi connectivity index (χ3n) is 3.29. The number of nitrogens with one attached hydrogen (secondary N) is 2. The molecule has 0 aliphatic heterocycles. The molecule has 0 saturated heterocycles. The summed E-state index contributed by atoms with van der Waals surface area (Å²) in [6.07, 6.45) is 1.82. The standard InChI is InChI=1S/C17H19N3O4/c1-24-15-8-7-13(10-18-15)19-16(22)17(23)20-14(11-21)9-12-5-3-2-4-6-12/h2-8,10,14,21H,9,11H2,1H3,(H,19,22)(H,20,23)/t14-/m1/s1. The van der Waals surface area contributed by atoms with Gasteiger partial charge in [-0.2, -0.15) is 0 Å². The van der Waals surface area contributed by atoms with Crippen molar-refractivity contribution in [2.75, 3.05) is 19.0 Å². The quantitative estimate of drug-likeness (QED) is 0.679. The van der Waals surface area contributed by atoms with Crippen LogP contribution in [0.1, 0.15) is 5.56 Å². The Kier molecular flexibility index (Phi) is 6.27. The molecular formula is C17H19N3O4. The molecule has 0 fully saturated rings. The van der Waals surface area contributed by atoms with Crippen molar-refractivity contribution >= 4 is 17.5 Å². The second-order valence-corrected chi connectivity index (χ2v) is 5.09. The average Bonchev–Trinajstić information content (AvgIpc) is 2.62. The summed E-state index contributed by atoms with van der Waals surface area (Å²) >= 11 is 0. The smallest absolute Gasteiger partial charge is 0.313 e. The number of rotatable bonds is 6. The molecule has 1 atom stereocenters. The molecule has 0 unspecified atom stereocenters. The summed E-state index contributed by atoms with van der Waals surface area (Å²) < 4.78 is 4.91. The van der Waals surface area contributed by atoms with Gasteiger partial charge in [0.2, 0.25) is 5.88 Å². The van der Waals surface area contributed by atoms with Gasteiger partial charge in [-0.3, -0.25) is 9.59 Å². The van der Waals surface area contributed by atoms with E-state index in [4.69, 9.17) is 4.74 Å². The van der Waals surface area contributed by atoms with E-state index in [2.05, 4.69) is 15.6 Å². The minimum absolute atomic E-state index is 0.266. The van der Waals surface area contributed by atoms with Crippen LogP contribution in [0.5, 0.6) is 5.88 Å². The molecule has 0 bridgehead atoms. The Morgan fingerprint density at radius 1 is 1.17 bits per heavy atom. The number of methoxy groups -OCH3 is 1. The number of aliphatic hydroxyl groups excluding tert-OH is 1. The van der Waals surface area contributed by atoms with Crippen molar-refractivity contribution in [2.24, 2.45) is 0 Å². The maximum absolute atomic E-state index is 12.0. The number of nitrogens with zero attached hydrogens (tertiary/aromatic N) is 1. The minimum Gasteiger partial charge on any atom is -0.481 e. The van der Waals surface area contributed by atoms with E-state index in [1.54, 1.807) is 12.1 Å². The lowest BCUT2D eigenvalue weighted by Gasteiger charge is -2.16. The third-order valence-corrected chi connectivity index (χ3v) is 3.29. The number of carbonyl (C=O) groups excluding carboxylic acids is 2. The molecule has 2 aromatic rings. The third kappa shape index (κ3) is 5.06. The number of benzene rings is 1. The first-order chi connectivity index (χ1) is 11.6. The zero-order chi connectivity index (χ0) is 17.4. The molecule has 1 aromatic heterocycles. The molecule has 0 aliphatic carbocycles. The Bertz CT molecular complexity index is 674. The molecule has 3 N–H and O–H groups in total. The molecule has 126 valence electrons. The van der Waals surface area contributed by atoms with Crippen LogP contribution in [0.4, 0.5) is 5.69 Å². The van der Waals surface area contributed by atoms with Crippen molar-refractivity contribution in [2.45, 2.75) is 12.5 Å². The lowest BCUT2D eigenvalue weighted by molar-refractivity contribution is -0.136. The average molecular weight is 329 g/mol. The molecule has 0 spiro atoms. The Morgan fingerprint density at radius 2 is 1.92 bits per heavy atom. The zero-order valence-electron chi connectivity index (χ0n) is 13.2. The summed E-state index contributed by atoms with van der Waals surface area (Å²) in [4.78, 5) is 27.8. The fourth-order valence-corrected chi connectivity index (χ4v) is 2.07. The highest BCUT2D eigenvalue weighted by molar-refractivity contribution is 6.39. The second-order valence-electron chi connectivity index (χ2n) is 5.09. The van der Waals surface area contributed by atoms with Crippen LogP contribution in [-0.4, -0.2) is 41.7 Å². The summed E-state index contributed by atoms with van der Waals surface area (Å²) in [5, 5.41) is 14.3. The first kappa shape index (κ1) is 17.4. The lowest BCUT2D eigenvalue weighted by atomic mass is 10.1. The Morgan fingerprint density at radius 3 is 2.50 bits per heavy atom. The summed E-state index contributed by atoms with van der Waals surface area (Å²) in [5.41, 5.74) is 1.33. The van der Waals surface area contributed by atoms with Gasteiger partial charge in [-0.25, -0.2) is 4.98 Å². The summed E-state index contributed by atoms with van der Waals surface area (Å²) in [6, 6.07) is 12.0. The number of pyridine rings is 1. The first-order valence-electron chi connectivity index (χ1n) is 7.39. The van der Waals surface area contributed by atoms with Crippen LogP contribution in [0.25, 0.3) is 0 Å². The van der Waals surface area contributed by atoms with Crippen LogP contribution in [0.15, 0.2) is 48.7 Å². The van der Waals surface area contributed by atoms with Crippen molar-refractivity contribution in [1.82, 2.24) is 10.3 Å². The van der Waals surface area contributed by atoms with E-state index in [0.29, 0.717) is 18.0 Å². The van der Waals surface area contributed by atoms with Crippen LogP contribution in [0, 0.1) is 0 Å². The van der Waals surface area contributed by atoms with Gasteiger partial charge in [0.15, 0.2) is 0 Å². The topological polar surface area (TPSA) is 101 Å². The van der Waals surface area contributed by atoms with Crippen LogP contribution in [-0.2, 0) is 16.0 Å². The van der Waals surface area contributed by atoms with Gasteiger partial charge >= 0.3 is 11.8 Å². The van der Waals surface area contributed by atoms with Gasteiger partial charge in [0, 0.05) is 6.07 Å². The van der Waals surface area contributed by atoms with E-state index in [0.717, 1.165) is 5.56 Å². The van der Waals surface area contributed by atoms with Crippen molar-refractivity contribution in [3.05, 3.63) is 54.2 Å². The number of hydrogen-bond acceptors (Lipinski definition) is 5. The molecule has 1 heterocycles. The Hall–Kier alpha value is -2.93. The van der Waals surface area contributed by atoms with Crippen LogP contribution >= 0.6 is 0 Å². The fraction of sp³-hybridized carbons (Fsp3) is 0.235. The lowest BCUT2D eigenvalue weighted by Crippen LogP contribution is -2.44. The highest BCUT2D eigenvalue weighted by Crippen LogP contribution is 2.10. The van der Waals surface area contributed by atoms with Gasteiger partial charge in [0.25, 0.3) is 0 Å². The normalized spacial score (nSPS) is 11.4. The first-order valence-corrected chi connectivity index (χ1v) is 7.39. The molecule has 0 aliphatic rings. The summed E-state index contributed by atoms with van der Waals surface area (Å²) in [5.74, 6) is -1.24. The monoisotopic (exact) mass is 329 g/mol. The Labute approximate surface area is 139 Å². The predicted molar refractivity (Wildman–Crippen MR) is 88.6 cm³/mol. The number of hydrogen-bond donors (Lipinski definition) is 3. The van der Waals surface area contributed by atoms with E-state index in [1.165, 1.54) is 13.3 Å². The number of amides is 2. The van der Waals surface area contributed by atoms with Gasteiger partial charge in [-0.05, 0) is 18.1 Å². The Balaban J connectivity index is 1.90. The number of ether oxygens (including phenoxy) is 1. The van der Waals surface area contributed by atoms with Crippen LogP contribution in [0.3, 0.4) is 0 Å². The van der Waals surface area contributed by atoms with Crippen molar-refractivity contribution in [3.63, 3.8) is 0 Å². The molecule has 2 amide bonds. The SMILES string of the molecule is COc1ccc(NC(=O)C(=O)N[C@@H](CO)Cc2ccccc2)cn1. The maximum atomic E-state index is 12.0. The number of carbonyl (C=O) groups is 2. The van der Waals surface area contributed by atoms with Crippen molar-refractivity contribution in [3.8, 4) is 5.88 Å². The summed E-state index contributed by atoms with van der Waals surface area (Å²) in [6.45, 7) is -0.266. The van der Waals surface area contributed by atoms with Gasteiger partial charge in [0.1, 0.15) is 0 Å². The van der Waals surface area contributed by atoms with E-state index in [-0.39, 0.29) is 6.61 Å². The zero-order valence-corrected chi connectivity index (χ0v) is 13.2. The van der Waals surface area contributed by atoms with Gasteiger partial charge in [-0.15, -0.1) is 0 Å². The molecule has 24 heavy (non-hydrogen) atoms. The number of aromatic nitrogens is 1. The van der Waals surface area contributed by atoms with Gasteiger partial charge < -0.3 is 20.5 Å². The van der Waals surface area contributed by atoms with Crippen molar-refractivity contribution < 1.29 is 19.4 Å². The van der Waals surface area contributed by atoms with Crippen molar-refractivity contribution in [1.29, 1.82) is 0 Å². The molecule has 7 heteroatoms. The predicted octanol–water partition coefficient (Wildman–Crippen LogP) is 0.748. The minimum atomic E-state index is -0.825. The van der Waals surface area contributed by atoms with E-state index in [1.807, 2.05) is 30.3 Å². The molecule has 0 saturated carbocycles. The molecule has 0 radical (unpaired) electrons. The maximum Gasteiger partial charge on any atom is 0.313 e. The molecule has 7 nitrogen and oxygen atoms in total. The molecule has 2 rings (SSSR count). The second kappa shape index (κ2) is 8.64. The highest BCUT2D eigenvalue weighted by atomic mass is 16.5. The molecule has 1 aromatic carbocycles. The fourth-order valence-electron chi connectivity index (χ4n) is 2.07. The van der Waals surface area contributed by atoms with E-state index >= 15 is 0 Å². The van der Waals surface area contributed by atoms with Crippen LogP contribution in [0.2, 0.25) is 0 Å².